The third-order valence-corrected chi connectivity index (χ3v) is 3.70. The summed E-state index contributed by atoms with van der Waals surface area (Å²) in [5.41, 5.74) is 0.402. The van der Waals surface area contributed by atoms with Crippen LogP contribution in [0, 0.1) is 12.7 Å². The Balaban J connectivity index is 2.78. The molecule has 1 rings (SSSR count). The van der Waals surface area contributed by atoms with Gasteiger partial charge in [-0.2, -0.15) is 11.8 Å². The van der Waals surface area contributed by atoms with Crippen LogP contribution in [0.5, 0.6) is 0 Å². The van der Waals surface area contributed by atoms with Crippen LogP contribution in [0.4, 0.5) is 10.2 Å². The van der Waals surface area contributed by atoms with E-state index >= 15 is 0 Å². The van der Waals surface area contributed by atoms with Crippen LogP contribution in [-0.4, -0.2) is 22.3 Å². The van der Waals surface area contributed by atoms with E-state index < -0.39 is 0 Å². The van der Waals surface area contributed by atoms with Gasteiger partial charge in [-0.1, -0.05) is 13.8 Å². The topological polar surface area (TPSA) is 37.8 Å². The maximum Gasteiger partial charge on any atom is 0.186 e. The third kappa shape index (κ3) is 3.33. The van der Waals surface area contributed by atoms with Crippen molar-refractivity contribution in [2.24, 2.45) is 0 Å². The first-order chi connectivity index (χ1) is 7.58. The molecule has 0 spiro atoms. The molecule has 0 radical (unpaired) electrons. The Labute approximate surface area is 100 Å². The Morgan fingerprint density at radius 2 is 2.12 bits per heavy atom. The predicted molar refractivity (Wildman–Crippen MR) is 67.3 cm³/mol. The van der Waals surface area contributed by atoms with E-state index in [4.69, 9.17) is 0 Å². The number of rotatable bonds is 5. The van der Waals surface area contributed by atoms with Crippen molar-refractivity contribution in [3.8, 4) is 0 Å². The lowest BCUT2D eigenvalue weighted by Crippen LogP contribution is -2.06. The summed E-state index contributed by atoms with van der Waals surface area (Å²) in [6.45, 7) is 5.97. The second kappa shape index (κ2) is 6.03. The highest BCUT2D eigenvalue weighted by atomic mass is 32.2. The van der Waals surface area contributed by atoms with Crippen molar-refractivity contribution >= 4 is 17.6 Å². The average Bonchev–Trinajstić information content (AvgIpc) is 2.29. The van der Waals surface area contributed by atoms with Crippen molar-refractivity contribution in [1.29, 1.82) is 0 Å². The van der Waals surface area contributed by atoms with Crippen molar-refractivity contribution in [3.63, 3.8) is 0 Å². The van der Waals surface area contributed by atoms with Crippen LogP contribution in [0.2, 0.25) is 0 Å². The van der Waals surface area contributed by atoms with Gasteiger partial charge in [-0.15, -0.1) is 0 Å². The quantitative estimate of drug-likeness (QED) is 0.862. The molecule has 0 saturated carbocycles. The summed E-state index contributed by atoms with van der Waals surface area (Å²) in [7, 11) is 1.66. The van der Waals surface area contributed by atoms with Gasteiger partial charge in [-0.25, -0.2) is 14.4 Å². The Bertz CT molecular complexity index is 357. The van der Waals surface area contributed by atoms with Gasteiger partial charge in [-0.3, -0.25) is 0 Å². The highest BCUT2D eigenvalue weighted by molar-refractivity contribution is 7.99. The number of nitrogens with one attached hydrogen (secondary N) is 1. The van der Waals surface area contributed by atoms with Gasteiger partial charge < -0.3 is 5.32 Å². The molecule has 0 aliphatic heterocycles. The molecule has 0 aromatic carbocycles. The Hall–Kier alpha value is -0.840. The maximum absolute atomic E-state index is 13.5. The molecule has 3 nitrogen and oxygen atoms in total. The molecule has 0 amide bonds. The van der Waals surface area contributed by atoms with Crippen LogP contribution in [0.25, 0.3) is 0 Å². The fourth-order valence-electron chi connectivity index (χ4n) is 1.18. The first-order valence-electron chi connectivity index (χ1n) is 5.40. The zero-order valence-electron chi connectivity index (χ0n) is 10.2. The van der Waals surface area contributed by atoms with Crippen molar-refractivity contribution in [3.05, 3.63) is 17.3 Å². The second-order valence-corrected chi connectivity index (χ2v) is 5.09. The number of anilines is 1. The van der Waals surface area contributed by atoms with Crippen LogP contribution in [0.3, 0.4) is 0 Å². The van der Waals surface area contributed by atoms with Crippen molar-refractivity contribution in [2.75, 3.05) is 12.4 Å². The lowest BCUT2D eigenvalue weighted by Gasteiger charge is -2.09. The van der Waals surface area contributed by atoms with Gasteiger partial charge in [0.05, 0.1) is 11.4 Å². The molecule has 5 heteroatoms. The summed E-state index contributed by atoms with van der Waals surface area (Å²) in [6, 6.07) is 0. The maximum atomic E-state index is 13.5. The standard InChI is InChI=1S/C11H18FN3S/c1-5-7(2)16-6-9-14-8(3)10(12)11(13-4)15-9/h7H,5-6H2,1-4H3,(H,13,14,15). The van der Waals surface area contributed by atoms with E-state index in [2.05, 4.69) is 29.1 Å². The van der Waals surface area contributed by atoms with Crippen LogP contribution in [0.1, 0.15) is 31.8 Å². The lowest BCUT2D eigenvalue weighted by atomic mass is 10.4. The van der Waals surface area contributed by atoms with E-state index in [1.54, 1.807) is 25.7 Å². The van der Waals surface area contributed by atoms with E-state index in [1.165, 1.54) is 0 Å². The summed E-state index contributed by atoms with van der Waals surface area (Å²) in [5, 5.41) is 3.32. The van der Waals surface area contributed by atoms with E-state index in [9.17, 15) is 4.39 Å². The molecule has 0 aliphatic rings. The highest BCUT2D eigenvalue weighted by Crippen LogP contribution is 2.20. The number of halogens is 1. The summed E-state index contributed by atoms with van der Waals surface area (Å²) >= 11 is 1.79. The minimum absolute atomic E-state index is 0.284. The SMILES string of the molecule is CCC(C)SCc1nc(C)c(F)c(NC)n1. The van der Waals surface area contributed by atoms with Gasteiger partial charge in [0.25, 0.3) is 0 Å². The first kappa shape index (κ1) is 13.2. The molecule has 1 atom stereocenters. The van der Waals surface area contributed by atoms with Gasteiger partial charge in [0, 0.05) is 12.3 Å². The fourth-order valence-corrected chi connectivity index (χ4v) is 1.98. The molecular formula is C11H18FN3S. The third-order valence-electron chi connectivity index (χ3n) is 2.37. The van der Waals surface area contributed by atoms with Gasteiger partial charge in [0.2, 0.25) is 0 Å². The summed E-state index contributed by atoms with van der Waals surface area (Å²) in [5.74, 6) is 1.34. The van der Waals surface area contributed by atoms with Crippen LogP contribution < -0.4 is 5.32 Å². The number of aryl methyl sites for hydroxylation is 1. The second-order valence-electron chi connectivity index (χ2n) is 3.67. The fraction of sp³-hybridized carbons (Fsp3) is 0.636. The molecule has 1 N–H and O–H groups in total. The first-order valence-corrected chi connectivity index (χ1v) is 6.45. The van der Waals surface area contributed by atoms with E-state index in [0.29, 0.717) is 16.8 Å². The summed E-state index contributed by atoms with van der Waals surface area (Å²) in [6.07, 6.45) is 1.11. The predicted octanol–water partition coefficient (Wildman–Crippen LogP) is 3.00. The van der Waals surface area contributed by atoms with E-state index in [0.717, 1.165) is 12.2 Å². The number of aromatic nitrogens is 2. The smallest absolute Gasteiger partial charge is 0.186 e. The number of nitrogens with zero attached hydrogens (tertiary/aromatic N) is 2. The molecule has 0 saturated heterocycles. The van der Waals surface area contributed by atoms with Crippen LogP contribution in [0.15, 0.2) is 0 Å². The average molecular weight is 243 g/mol. The van der Waals surface area contributed by atoms with Crippen LogP contribution >= 0.6 is 11.8 Å². The largest absolute Gasteiger partial charge is 0.371 e. The number of hydrogen-bond acceptors (Lipinski definition) is 4. The number of hydrogen-bond donors (Lipinski definition) is 1. The zero-order valence-corrected chi connectivity index (χ0v) is 11.0. The van der Waals surface area contributed by atoms with Crippen molar-refractivity contribution in [2.45, 2.75) is 38.2 Å². The molecule has 1 aromatic heterocycles. The van der Waals surface area contributed by atoms with Gasteiger partial charge in [0.15, 0.2) is 11.6 Å². The zero-order chi connectivity index (χ0) is 12.1. The minimum atomic E-state index is -0.361. The van der Waals surface area contributed by atoms with Crippen LogP contribution in [-0.2, 0) is 5.75 Å². The molecule has 0 bridgehead atoms. The van der Waals surface area contributed by atoms with E-state index in [-0.39, 0.29) is 11.6 Å². The van der Waals surface area contributed by atoms with Gasteiger partial charge in [-0.05, 0) is 13.3 Å². The Morgan fingerprint density at radius 1 is 1.44 bits per heavy atom. The summed E-state index contributed by atoms with van der Waals surface area (Å²) < 4.78 is 13.5. The van der Waals surface area contributed by atoms with E-state index in [1.807, 2.05) is 0 Å². The normalized spacial score (nSPS) is 12.6. The number of thioether (sulfide) groups is 1. The minimum Gasteiger partial charge on any atom is -0.371 e. The molecule has 90 valence electrons. The molecule has 0 aliphatic carbocycles. The summed E-state index contributed by atoms with van der Waals surface area (Å²) in [4.78, 5) is 8.28. The lowest BCUT2D eigenvalue weighted by molar-refractivity contribution is 0.603. The Kier molecular flexibility index (Phi) is 4.99. The van der Waals surface area contributed by atoms with Crippen molar-refractivity contribution in [1.82, 2.24) is 9.97 Å². The molecule has 0 fully saturated rings. The molecule has 16 heavy (non-hydrogen) atoms. The molecule has 1 heterocycles. The molecule has 1 unspecified atom stereocenters. The monoisotopic (exact) mass is 243 g/mol. The highest BCUT2D eigenvalue weighted by Gasteiger charge is 2.10. The Morgan fingerprint density at radius 3 is 2.69 bits per heavy atom. The van der Waals surface area contributed by atoms with Crippen molar-refractivity contribution < 1.29 is 4.39 Å². The van der Waals surface area contributed by atoms with Gasteiger partial charge in [0.1, 0.15) is 5.82 Å². The molecular weight excluding hydrogens is 225 g/mol. The van der Waals surface area contributed by atoms with Gasteiger partial charge >= 0.3 is 0 Å². The molecule has 1 aromatic rings.